The second-order valence-corrected chi connectivity index (χ2v) is 12.1. The highest BCUT2D eigenvalue weighted by molar-refractivity contribution is 9.11. The summed E-state index contributed by atoms with van der Waals surface area (Å²) in [6, 6.07) is 26.0. The van der Waals surface area contributed by atoms with Crippen LogP contribution in [-0.2, 0) is 33.4 Å². The largest absolute Gasteiger partial charge is 0.275 e. The summed E-state index contributed by atoms with van der Waals surface area (Å²) in [4.78, 5) is 0. The molecular formula is C35H34Br3N7. The van der Waals surface area contributed by atoms with Gasteiger partial charge in [0.1, 0.15) is 12.1 Å². The summed E-state index contributed by atoms with van der Waals surface area (Å²) in [5.74, 6) is 0. The third kappa shape index (κ3) is 10.8. The van der Waals surface area contributed by atoms with Crippen molar-refractivity contribution in [1.29, 1.82) is 15.8 Å². The number of nitriles is 3. The molecule has 0 fully saturated rings. The van der Waals surface area contributed by atoms with E-state index in [1.807, 2.05) is 87.9 Å². The van der Waals surface area contributed by atoms with Crippen molar-refractivity contribution in [2.75, 3.05) is 0 Å². The maximum Gasteiger partial charge on any atom is 0.101 e. The molecule has 0 atom stereocenters. The van der Waals surface area contributed by atoms with Crippen LogP contribution >= 0.6 is 47.8 Å². The van der Waals surface area contributed by atoms with Gasteiger partial charge in [0.05, 0.1) is 49.8 Å². The van der Waals surface area contributed by atoms with Crippen molar-refractivity contribution in [2.45, 2.75) is 40.0 Å². The molecule has 5 aromatic rings. The van der Waals surface area contributed by atoms with E-state index < -0.39 is 0 Å². The highest BCUT2D eigenvalue weighted by atomic mass is 79.9. The molecule has 230 valence electrons. The molecule has 0 unspecified atom stereocenters. The number of benzene rings is 3. The van der Waals surface area contributed by atoms with E-state index in [4.69, 9.17) is 10.5 Å². The number of rotatable bonds is 4. The Labute approximate surface area is 291 Å². The molecule has 5 rings (SSSR count). The van der Waals surface area contributed by atoms with E-state index in [0.29, 0.717) is 0 Å². The second-order valence-electron chi connectivity index (χ2n) is 9.46. The fourth-order valence-corrected chi connectivity index (χ4v) is 5.70. The summed E-state index contributed by atoms with van der Waals surface area (Å²) in [5.41, 5.74) is 7.46. The van der Waals surface area contributed by atoms with Gasteiger partial charge in [0.25, 0.3) is 0 Å². The predicted molar refractivity (Wildman–Crippen MR) is 190 cm³/mol. The van der Waals surface area contributed by atoms with Crippen LogP contribution in [-0.4, -0.2) is 19.6 Å². The zero-order valence-corrected chi connectivity index (χ0v) is 30.6. The molecule has 2 aromatic heterocycles. The summed E-state index contributed by atoms with van der Waals surface area (Å²) < 4.78 is 6.34. The molecule has 0 aliphatic carbocycles. The molecule has 2 heterocycles. The van der Waals surface area contributed by atoms with Gasteiger partial charge < -0.3 is 0 Å². The van der Waals surface area contributed by atoms with Crippen molar-refractivity contribution in [3.8, 4) is 29.5 Å². The lowest BCUT2D eigenvalue weighted by molar-refractivity contribution is 0.767. The van der Waals surface area contributed by atoms with Gasteiger partial charge in [0.2, 0.25) is 0 Å². The number of hydrogen-bond donors (Lipinski definition) is 0. The Balaban J connectivity index is 0.000000220. The SMILES string of the molecule is CCc1cccc(-c2c(Br)cnn2C)c1C#N.CCc1cccc(Br)c1C#N.CCc1ccccc1C#N.Cn1cc(Br)cn1. The van der Waals surface area contributed by atoms with Crippen LogP contribution in [0.3, 0.4) is 0 Å². The summed E-state index contributed by atoms with van der Waals surface area (Å²) in [5, 5.41) is 34.7. The van der Waals surface area contributed by atoms with Crippen molar-refractivity contribution < 1.29 is 0 Å². The summed E-state index contributed by atoms with van der Waals surface area (Å²) in [7, 11) is 3.75. The van der Waals surface area contributed by atoms with Crippen molar-refractivity contribution in [1.82, 2.24) is 19.6 Å². The Bertz CT molecular complexity index is 1780. The van der Waals surface area contributed by atoms with Gasteiger partial charge in [-0.05, 0) is 95.9 Å². The number of nitrogens with zero attached hydrogens (tertiary/aromatic N) is 7. The molecule has 0 amide bonds. The highest BCUT2D eigenvalue weighted by Gasteiger charge is 2.15. The van der Waals surface area contributed by atoms with E-state index in [0.717, 1.165) is 77.3 Å². The maximum absolute atomic E-state index is 9.32. The highest BCUT2D eigenvalue weighted by Crippen LogP contribution is 2.31. The van der Waals surface area contributed by atoms with Crippen LogP contribution in [0.1, 0.15) is 54.2 Å². The smallest absolute Gasteiger partial charge is 0.101 e. The lowest BCUT2D eigenvalue weighted by atomic mass is 9.98. The van der Waals surface area contributed by atoms with Gasteiger partial charge in [-0.2, -0.15) is 26.0 Å². The lowest BCUT2D eigenvalue weighted by Crippen LogP contribution is -1.98. The summed E-state index contributed by atoms with van der Waals surface area (Å²) >= 11 is 10.0. The monoisotopic (exact) mass is 789 g/mol. The van der Waals surface area contributed by atoms with Crippen LogP contribution in [0.25, 0.3) is 11.3 Å². The van der Waals surface area contributed by atoms with Gasteiger partial charge in [-0.3, -0.25) is 9.36 Å². The Kier molecular flexibility index (Phi) is 16.0. The molecule has 0 spiro atoms. The van der Waals surface area contributed by atoms with E-state index in [2.05, 4.69) is 90.0 Å². The van der Waals surface area contributed by atoms with E-state index in [9.17, 15) is 5.26 Å². The molecular weight excluding hydrogens is 758 g/mol. The lowest BCUT2D eigenvalue weighted by Gasteiger charge is -2.09. The number of halogens is 3. The minimum Gasteiger partial charge on any atom is -0.275 e. The Morgan fingerprint density at radius 3 is 1.64 bits per heavy atom. The summed E-state index contributed by atoms with van der Waals surface area (Å²) in [6.45, 7) is 6.15. The first-order valence-electron chi connectivity index (χ1n) is 14.1. The van der Waals surface area contributed by atoms with Crippen molar-refractivity contribution in [2.24, 2.45) is 14.1 Å². The van der Waals surface area contributed by atoms with E-state index >= 15 is 0 Å². The Morgan fingerprint density at radius 2 is 1.22 bits per heavy atom. The molecule has 0 aliphatic heterocycles. The van der Waals surface area contributed by atoms with Crippen LogP contribution in [0.15, 0.2) is 92.7 Å². The molecule has 0 saturated heterocycles. The third-order valence-electron chi connectivity index (χ3n) is 6.58. The van der Waals surface area contributed by atoms with Crippen LogP contribution in [0.4, 0.5) is 0 Å². The molecule has 0 bridgehead atoms. The molecule has 0 N–H and O–H groups in total. The zero-order valence-electron chi connectivity index (χ0n) is 25.9. The first-order valence-corrected chi connectivity index (χ1v) is 16.5. The molecule has 0 saturated carbocycles. The fraction of sp³-hybridized carbons (Fsp3) is 0.229. The first-order chi connectivity index (χ1) is 21.6. The number of hydrogen-bond acceptors (Lipinski definition) is 5. The standard InChI is InChI=1S/C13H12BrN3.C9H8BrN.C9H9N.C4H5BrN2/c1-3-9-5-4-6-10(11(9)7-15)13-12(14)8-16-17(13)2;1-2-7-4-3-5-9(10)8(7)6-11;1-2-8-5-3-4-6-9(8)7-10;1-7-3-4(5)2-6-7/h4-6,8H,3H2,1-2H3;3-5H,2H2,1H3;3-6H,2H2,1H3;2-3H,1H3. The number of aromatic nitrogens is 4. The van der Waals surface area contributed by atoms with Gasteiger partial charge >= 0.3 is 0 Å². The minimum absolute atomic E-state index is 0.735. The molecule has 45 heavy (non-hydrogen) atoms. The van der Waals surface area contributed by atoms with Gasteiger partial charge in [0.15, 0.2) is 0 Å². The molecule has 7 nitrogen and oxygen atoms in total. The fourth-order valence-electron chi connectivity index (χ4n) is 4.26. The average molecular weight is 792 g/mol. The van der Waals surface area contributed by atoms with Gasteiger partial charge in [-0.25, -0.2) is 0 Å². The summed E-state index contributed by atoms with van der Waals surface area (Å²) in [6.07, 6.45) is 8.08. The normalized spacial score (nSPS) is 9.53. The van der Waals surface area contributed by atoms with Crippen molar-refractivity contribution in [3.63, 3.8) is 0 Å². The van der Waals surface area contributed by atoms with E-state index in [-0.39, 0.29) is 0 Å². The first kappa shape index (κ1) is 37.2. The van der Waals surface area contributed by atoms with Crippen LogP contribution in [0.5, 0.6) is 0 Å². The van der Waals surface area contributed by atoms with Crippen LogP contribution in [0, 0.1) is 34.0 Å². The van der Waals surface area contributed by atoms with Gasteiger partial charge in [0, 0.05) is 30.3 Å². The van der Waals surface area contributed by atoms with Crippen molar-refractivity contribution in [3.05, 3.63) is 126 Å². The quantitative estimate of drug-likeness (QED) is 0.180. The maximum atomic E-state index is 9.32. The van der Waals surface area contributed by atoms with Crippen LogP contribution in [0.2, 0.25) is 0 Å². The van der Waals surface area contributed by atoms with Crippen molar-refractivity contribution >= 4 is 47.8 Å². The average Bonchev–Trinajstić information content (AvgIpc) is 3.62. The van der Waals surface area contributed by atoms with Gasteiger partial charge in [-0.15, -0.1) is 0 Å². The Morgan fingerprint density at radius 1 is 0.644 bits per heavy atom. The second kappa shape index (κ2) is 19.4. The van der Waals surface area contributed by atoms with Crippen LogP contribution < -0.4 is 0 Å². The minimum atomic E-state index is 0.735. The molecule has 10 heteroatoms. The number of aryl methyl sites for hydroxylation is 5. The Hall–Kier alpha value is -4.01. The van der Waals surface area contributed by atoms with E-state index in [1.54, 1.807) is 21.8 Å². The van der Waals surface area contributed by atoms with E-state index in [1.165, 1.54) is 0 Å². The third-order valence-corrected chi connectivity index (χ3v) is 8.23. The topological polar surface area (TPSA) is 107 Å². The predicted octanol–water partition coefficient (Wildman–Crippen LogP) is 9.47. The molecule has 3 aromatic carbocycles. The van der Waals surface area contributed by atoms with Gasteiger partial charge in [-0.1, -0.05) is 69.3 Å². The molecule has 0 radical (unpaired) electrons. The molecule has 0 aliphatic rings. The zero-order chi connectivity index (χ0) is 33.4.